The van der Waals surface area contributed by atoms with Crippen LogP contribution in [-0.4, -0.2) is 25.3 Å². The maximum atomic E-state index is 12.2. The Morgan fingerprint density at radius 2 is 1.79 bits per heavy atom. The summed E-state index contributed by atoms with van der Waals surface area (Å²) in [6, 6.07) is 9.83. The minimum Gasteiger partial charge on any atom is -0.504 e. The molecule has 0 bridgehead atoms. The van der Waals surface area contributed by atoms with Crippen LogP contribution in [0.3, 0.4) is 0 Å². The molecule has 126 valence electrons. The van der Waals surface area contributed by atoms with Crippen LogP contribution in [-0.2, 0) is 16.3 Å². The van der Waals surface area contributed by atoms with Gasteiger partial charge in [0, 0.05) is 5.69 Å². The van der Waals surface area contributed by atoms with Crippen molar-refractivity contribution in [3.63, 3.8) is 0 Å². The molecule has 0 spiro atoms. The van der Waals surface area contributed by atoms with Crippen molar-refractivity contribution in [2.45, 2.75) is 24.7 Å². The largest absolute Gasteiger partial charge is 0.504 e. The van der Waals surface area contributed by atoms with Crippen LogP contribution in [0.25, 0.3) is 0 Å². The van der Waals surface area contributed by atoms with E-state index in [0.29, 0.717) is 24.1 Å². The van der Waals surface area contributed by atoms with Crippen molar-refractivity contribution in [2.75, 3.05) is 16.4 Å². The average Bonchev–Trinajstić information content (AvgIpc) is 2.51. The first-order chi connectivity index (χ1) is 11.4. The number of nitrogens with one attached hydrogen (secondary N) is 2. The van der Waals surface area contributed by atoms with Gasteiger partial charge in [-0.2, -0.15) is 0 Å². The fraction of sp³-hybridized carbons (Fsp3) is 0.235. The molecule has 0 radical (unpaired) electrons. The number of phenolic OH excluding ortho intramolecular Hbond substituents is 1. The molecule has 0 aromatic heterocycles. The zero-order valence-electron chi connectivity index (χ0n) is 13.2. The number of urea groups is 1. The smallest absolute Gasteiger partial charge is 0.323 e. The topological polar surface area (TPSA) is 95.5 Å². The number of benzene rings is 2. The Hall–Kier alpha value is -2.54. The summed E-state index contributed by atoms with van der Waals surface area (Å²) in [7, 11) is -3.52. The van der Waals surface area contributed by atoms with E-state index in [1.807, 2.05) is 19.1 Å². The molecule has 24 heavy (non-hydrogen) atoms. The van der Waals surface area contributed by atoms with Crippen molar-refractivity contribution in [1.29, 1.82) is 0 Å². The quantitative estimate of drug-likeness (QED) is 0.728. The molecule has 0 saturated carbocycles. The number of hydrogen-bond acceptors (Lipinski definition) is 4. The summed E-state index contributed by atoms with van der Waals surface area (Å²) >= 11 is 0. The van der Waals surface area contributed by atoms with Crippen LogP contribution in [0.15, 0.2) is 41.3 Å². The molecule has 0 fully saturated rings. The van der Waals surface area contributed by atoms with Crippen molar-refractivity contribution >= 4 is 27.2 Å². The lowest BCUT2D eigenvalue weighted by molar-refractivity contribution is 0.262. The number of aromatic hydroxyl groups is 1. The minimum atomic E-state index is -3.52. The molecule has 1 aliphatic rings. The first-order valence-electron chi connectivity index (χ1n) is 7.59. The summed E-state index contributed by atoms with van der Waals surface area (Å²) in [6.07, 6.45) is 1.13. The van der Waals surface area contributed by atoms with Gasteiger partial charge < -0.3 is 15.7 Å². The van der Waals surface area contributed by atoms with Gasteiger partial charge in [-0.05, 0) is 43.5 Å². The zero-order chi connectivity index (χ0) is 17.3. The lowest BCUT2D eigenvalue weighted by Gasteiger charge is -2.19. The van der Waals surface area contributed by atoms with E-state index in [4.69, 9.17) is 0 Å². The average molecular weight is 346 g/mol. The highest BCUT2D eigenvalue weighted by Gasteiger charge is 2.28. The Morgan fingerprint density at radius 1 is 1.08 bits per heavy atom. The lowest BCUT2D eigenvalue weighted by atomic mass is 10.1. The molecule has 7 heteroatoms. The van der Waals surface area contributed by atoms with Crippen LogP contribution in [0, 0.1) is 6.92 Å². The zero-order valence-corrected chi connectivity index (χ0v) is 14.0. The van der Waals surface area contributed by atoms with Crippen LogP contribution in [0.2, 0.25) is 0 Å². The van der Waals surface area contributed by atoms with Gasteiger partial charge in [-0.1, -0.05) is 23.8 Å². The highest BCUT2D eigenvalue weighted by molar-refractivity contribution is 7.91. The third-order valence-electron chi connectivity index (χ3n) is 3.94. The first kappa shape index (κ1) is 16.3. The normalized spacial score (nSPS) is 15.4. The van der Waals surface area contributed by atoms with Crippen molar-refractivity contribution in [3.8, 4) is 5.75 Å². The number of carbonyl (C=O) groups is 1. The second-order valence-corrected chi connectivity index (χ2v) is 7.86. The number of anilines is 2. The van der Waals surface area contributed by atoms with E-state index < -0.39 is 21.6 Å². The molecule has 3 rings (SSSR count). The molecule has 3 N–H and O–H groups in total. The van der Waals surface area contributed by atoms with E-state index in [-0.39, 0.29) is 16.3 Å². The van der Waals surface area contributed by atoms with Gasteiger partial charge in [0.2, 0.25) is 0 Å². The van der Waals surface area contributed by atoms with E-state index in [0.717, 1.165) is 5.56 Å². The molecular weight excluding hydrogens is 328 g/mol. The van der Waals surface area contributed by atoms with Gasteiger partial charge >= 0.3 is 6.03 Å². The summed E-state index contributed by atoms with van der Waals surface area (Å²) in [5.74, 6) is -0.390. The van der Waals surface area contributed by atoms with Gasteiger partial charge in [-0.15, -0.1) is 0 Å². The Kier molecular flexibility index (Phi) is 4.19. The van der Waals surface area contributed by atoms with Crippen LogP contribution in [0.1, 0.15) is 17.5 Å². The number of aryl methyl sites for hydroxylation is 2. The Bertz CT molecular complexity index is 890. The molecular formula is C17H18N2O4S. The molecule has 1 aliphatic heterocycles. The molecule has 0 unspecified atom stereocenters. The first-order valence-corrected chi connectivity index (χ1v) is 9.24. The van der Waals surface area contributed by atoms with Gasteiger partial charge in [-0.25, -0.2) is 13.2 Å². The van der Waals surface area contributed by atoms with Crippen LogP contribution in [0.5, 0.6) is 5.75 Å². The van der Waals surface area contributed by atoms with Gasteiger partial charge in [0.25, 0.3) is 0 Å². The number of sulfone groups is 1. The molecule has 0 aliphatic carbocycles. The Labute approximate surface area is 140 Å². The number of amides is 2. The molecule has 6 nitrogen and oxygen atoms in total. The third kappa shape index (κ3) is 3.21. The highest BCUT2D eigenvalue weighted by Crippen LogP contribution is 2.38. The highest BCUT2D eigenvalue weighted by atomic mass is 32.2. The van der Waals surface area contributed by atoms with Crippen molar-refractivity contribution < 1.29 is 18.3 Å². The molecule has 2 aromatic carbocycles. The molecule has 0 saturated heterocycles. The molecule has 1 heterocycles. The SMILES string of the molecule is Cc1ccc(NC(=O)Nc2ccc3c(c2O)S(=O)(=O)CCC3)cc1. The second-order valence-electron chi connectivity index (χ2n) is 5.82. The number of hydrogen-bond donors (Lipinski definition) is 3. The summed E-state index contributed by atoms with van der Waals surface area (Å²) in [4.78, 5) is 12.0. The molecule has 2 amide bonds. The van der Waals surface area contributed by atoms with Crippen LogP contribution < -0.4 is 10.6 Å². The van der Waals surface area contributed by atoms with Gasteiger partial charge in [-0.3, -0.25) is 0 Å². The predicted octanol–water partition coefficient (Wildman–Crippen LogP) is 3.06. The fourth-order valence-electron chi connectivity index (χ4n) is 2.73. The number of phenols is 1. The number of carbonyl (C=O) groups excluding carboxylic acids is 1. The monoisotopic (exact) mass is 346 g/mol. The van der Waals surface area contributed by atoms with E-state index in [2.05, 4.69) is 10.6 Å². The standard InChI is InChI=1S/C17H18N2O4S/c1-11-4-7-13(8-5-11)18-17(21)19-14-9-6-12-3-2-10-24(22,23)16(12)15(14)20/h4-9,20H,2-3,10H2,1H3,(H2,18,19,21). The van der Waals surface area contributed by atoms with Gasteiger partial charge in [0.05, 0.1) is 11.4 Å². The van der Waals surface area contributed by atoms with E-state index in [1.54, 1.807) is 18.2 Å². The summed E-state index contributed by atoms with van der Waals surface area (Å²) in [6.45, 7) is 1.94. The van der Waals surface area contributed by atoms with Crippen LogP contribution >= 0.6 is 0 Å². The van der Waals surface area contributed by atoms with Gasteiger partial charge in [0.15, 0.2) is 15.6 Å². The molecule has 2 aromatic rings. The second kappa shape index (κ2) is 6.16. The van der Waals surface area contributed by atoms with E-state index >= 15 is 0 Å². The molecule has 0 atom stereocenters. The summed E-state index contributed by atoms with van der Waals surface area (Å²) < 4.78 is 24.3. The Morgan fingerprint density at radius 3 is 2.50 bits per heavy atom. The summed E-state index contributed by atoms with van der Waals surface area (Å²) in [5.41, 5.74) is 2.33. The third-order valence-corrected chi connectivity index (χ3v) is 5.84. The van der Waals surface area contributed by atoms with Crippen molar-refractivity contribution in [2.24, 2.45) is 0 Å². The number of rotatable bonds is 2. The lowest BCUT2D eigenvalue weighted by Crippen LogP contribution is -2.21. The van der Waals surface area contributed by atoms with Gasteiger partial charge in [0.1, 0.15) is 4.90 Å². The summed E-state index contributed by atoms with van der Waals surface area (Å²) in [5, 5.41) is 15.4. The van der Waals surface area contributed by atoms with Crippen molar-refractivity contribution in [3.05, 3.63) is 47.5 Å². The van der Waals surface area contributed by atoms with Crippen molar-refractivity contribution in [1.82, 2.24) is 0 Å². The Balaban J connectivity index is 1.83. The van der Waals surface area contributed by atoms with E-state index in [1.165, 1.54) is 6.07 Å². The predicted molar refractivity (Wildman–Crippen MR) is 92.3 cm³/mol. The maximum Gasteiger partial charge on any atom is 0.323 e. The fourth-order valence-corrected chi connectivity index (χ4v) is 4.44. The van der Waals surface area contributed by atoms with Crippen LogP contribution in [0.4, 0.5) is 16.2 Å². The number of fused-ring (bicyclic) bond motifs is 1. The van der Waals surface area contributed by atoms with E-state index in [9.17, 15) is 18.3 Å². The minimum absolute atomic E-state index is 0.00652. The maximum absolute atomic E-state index is 12.2.